The van der Waals surface area contributed by atoms with Crippen LogP contribution >= 0.6 is 7.92 Å². The zero-order valence-electron chi connectivity index (χ0n) is 13.6. The zero-order valence-corrected chi connectivity index (χ0v) is 14.4. The Balaban J connectivity index is 0. The van der Waals surface area contributed by atoms with Crippen LogP contribution < -0.4 is 0 Å². The quantitative estimate of drug-likeness (QED) is 0.406. The molecule has 106 valence electrons. The lowest BCUT2D eigenvalue weighted by molar-refractivity contribution is 0.641. The standard InChI is InChI=1S/C14H31P.C2H6/c1-6-10-13(9-4)15(5)14(11-7-2)12-8-3;1-2/h13-14H,6-12H2,1-5H3;1-2H3. The van der Waals surface area contributed by atoms with Crippen LogP contribution in [-0.2, 0) is 0 Å². The van der Waals surface area contributed by atoms with Gasteiger partial charge in [0.25, 0.3) is 0 Å². The molecule has 2 atom stereocenters. The van der Waals surface area contributed by atoms with Gasteiger partial charge in [0.2, 0.25) is 0 Å². The maximum absolute atomic E-state index is 2.56. The molecule has 0 N–H and O–H groups in total. The number of rotatable bonds is 9. The van der Waals surface area contributed by atoms with E-state index in [1.165, 1.54) is 44.9 Å². The van der Waals surface area contributed by atoms with Crippen LogP contribution in [0, 0.1) is 0 Å². The van der Waals surface area contributed by atoms with Crippen LogP contribution in [-0.4, -0.2) is 18.0 Å². The van der Waals surface area contributed by atoms with Gasteiger partial charge in [-0.3, -0.25) is 0 Å². The molecule has 17 heavy (non-hydrogen) atoms. The van der Waals surface area contributed by atoms with Crippen molar-refractivity contribution in [3.05, 3.63) is 0 Å². The van der Waals surface area contributed by atoms with Crippen LogP contribution in [0.1, 0.15) is 86.5 Å². The molecule has 0 aliphatic heterocycles. The molecule has 0 fully saturated rings. The molecule has 0 rings (SSSR count). The lowest BCUT2D eigenvalue weighted by Crippen LogP contribution is -2.14. The van der Waals surface area contributed by atoms with Gasteiger partial charge in [-0.25, -0.2) is 0 Å². The zero-order chi connectivity index (χ0) is 13.7. The fourth-order valence-corrected chi connectivity index (χ4v) is 5.71. The van der Waals surface area contributed by atoms with Crippen LogP contribution in [0.5, 0.6) is 0 Å². The molecule has 0 aliphatic carbocycles. The SMILES string of the molecule is CC.CCCC(CC)P(C)C(CCC)CCC. The van der Waals surface area contributed by atoms with Crippen molar-refractivity contribution >= 4 is 7.92 Å². The molecule has 0 aromatic carbocycles. The van der Waals surface area contributed by atoms with E-state index < -0.39 is 0 Å². The molecule has 0 aliphatic rings. The Morgan fingerprint density at radius 1 is 0.706 bits per heavy atom. The highest BCUT2D eigenvalue weighted by Crippen LogP contribution is 2.49. The predicted octanol–water partition coefficient (Wildman–Crippen LogP) is 6.67. The first-order chi connectivity index (χ1) is 8.21. The molecular weight excluding hydrogens is 223 g/mol. The average molecular weight is 260 g/mol. The van der Waals surface area contributed by atoms with Crippen LogP contribution in [0.2, 0.25) is 0 Å². The van der Waals surface area contributed by atoms with Crippen molar-refractivity contribution in [3.63, 3.8) is 0 Å². The van der Waals surface area contributed by atoms with Gasteiger partial charge in [0.1, 0.15) is 0 Å². The fraction of sp³-hybridized carbons (Fsp3) is 1.00. The first kappa shape index (κ1) is 19.8. The van der Waals surface area contributed by atoms with E-state index in [9.17, 15) is 0 Å². The Morgan fingerprint density at radius 3 is 1.35 bits per heavy atom. The maximum atomic E-state index is 2.56. The summed E-state index contributed by atoms with van der Waals surface area (Å²) in [6.45, 7) is 16.0. The van der Waals surface area contributed by atoms with E-state index in [1.807, 2.05) is 13.8 Å². The summed E-state index contributed by atoms with van der Waals surface area (Å²) in [6, 6.07) is 0. The monoisotopic (exact) mass is 260 g/mol. The highest BCUT2D eigenvalue weighted by atomic mass is 31.1. The first-order valence-corrected chi connectivity index (χ1v) is 9.85. The second-order valence-corrected chi connectivity index (χ2v) is 7.54. The van der Waals surface area contributed by atoms with Crippen molar-refractivity contribution in [2.24, 2.45) is 0 Å². The lowest BCUT2D eigenvalue weighted by atomic mass is 10.1. The molecule has 0 nitrogen and oxygen atoms in total. The van der Waals surface area contributed by atoms with Crippen LogP contribution in [0.25, 0.3) is 0 Å². The minimum absolute atomic E-state index is 0.275. The topological polar surface area (TPSA) is 0 Å². The van der Waals surface area contributed by atoms with E-state index in [0.29, 0.717) is 0 Å². The molecule has 0 heterocycles. The first-order valence-electron chi connectivity index (χ1n) is 7.93. The molecule has 0 aromatic rings. The van der Waals surface area contributed by atoms with Gasteiger partial charge in [-0.2, -0.15) is 0 Å². The van der Waals surface area contributed by atoms with E-state index in [0.717, 1.165) is 11.3 Å². The second-order valence-electron chi connectivity index (χ2n) is 4.75. The summed E-state index contributed by atoms with van der Waals surface area (Å²) in [5.41, 5.74) is 2.08. The van der Waals surface area contributed by atoms with Crippen LogP contribution in [0.3, 0.4) is 0 Å². The summed E-state index contributed by atoms with van der Waals surface area (Å²) < 4.78 is 0. The van der Waals surface area contributed by atoms with Gasteiger partial charge in [0.15, 0.2) is 0 Å². The van der Waals surface area contributed by atoms with E-state index >= 15 is 0 Å². The molecule has 0 aromatic heterocycles. The van der Waals surface area contributed by atoms with Gasteiger partial charge in [0, 0.05) is 0 Å². The summed E-state index contributed by atoms with van der Waals surface area (Å²) >= 11 is 0. The Kier molecular flexibility index (Phi) is 16.8. The predicted molar refractivity (Wildman–Crippen MR) is 86.8 cm³/mol. The third-order valence-electron chi connectivity index (χ3n) is 3.49. The van der Waals surface area contributed by atoms with Crippen molar-refractivity contribution in [1.29, 1.82) is 0 Å². The van der Waals surface area contributed by atoms with Gasteiger partial charge in [0.05, 0.1) is 0 Å². The summed E-state index contributed by atoms with van der Waals surface area (Å²) in [4.78, 5) is 0. The maximum Gasteiger partial charge on any atom is -0.0209 e. The minimum atomic E-state index is 0.275. The van der Waals surface area contributed by atoms with Crippen molar-refractivity contribution < 1.29 is 0 Å². The van der Waals surface area contributed by atoms with Gasteiger partial charge in [-0.05, 0) is 43.7 Å². The minimum Gasteiger partial charge on any atom is -0.104 e. The third-order valence-corrected chi connectivity index (χ3v) is 6.93. The Labute approximate surface area is 113 Å². The van der Waals surface area contributed by atoms with Crippen molar-refractivity contribution in [2.75, 3.05) is 6.66 Å². The molecule has 0 radical (unpaired) electrons. The largest absolute Gasteiger partial charge is 0.104 e. The average Bonchev–Trinajstić information content (AvgIpc) is 2.37. The van der Waals surface area contributed by atoms with Crippen molar-refractivity contribution in [2.45, 2.75) is 97.8 Å². The molecule has 0 bridgehead atoms. The summed E-state index contributed by atoms with van der Waals surface area (Å²) in [7, 11) is 0.275. The van der Waals surface area contributed by atoms with Crippen molar-refractivity contribution in [3.8, 4) is 0 Å². The molecule has 2 unspecified atom stereocenters. The highest BCUT2D eigenvalue weighted by molar-refractivity contribution is 7.58. The highest BCUT2D eigenvalue weighted by Gasteiger charge is 2.21. The second kappa shape index (κ2) is 14.5. The lowest BCUT2D eigenvalue weighted by Gasteiger charge is -2.31. The van der Waals surface area contributed by atoms with Gasteiger partial charge in [-0.1, -0.05) is 60.8 Å². The normalized spacial score (nSPS) is 14.1. The molecular formula is C16H37P. The van der Waals surface area contributed by atoms with Gasteiger partial charge in [-0.15, -0.1) is 7.92 Å². The molecule has 0 spiro atoms. The molecule has 0 saturated heterocycles. The van der Waals surface area contributed by atoms with Crippen molar-refractivity contribution in [1.82, 2.24) is 0 Å². The smallest absolute Gasteiger partial charge is 0.0209 e. The molecule has 0 saturated carbocycles. The van der Waals surface area contributed by atoms with Crippen LogP contribution in [0.4, 0.5) is 0 Å². The number of hydrogen-bond acceptors (Lipinski definition) is 0. The third kappa shape index (κ3) is 9.06. The van der Waals surface area contributed by atoms with E-state index in [1.54, 1.807) is 0 Å². The van der Waals surface area contributed by atoms with Gasteiger partial charge >= 0.3 is 0 Å². The summed E-state index contributed by atoms with van der Waals surface area (Å²) in [6.07, 6.45) is 9.92. The van der Waals surface area contributed by atoms with E-state index in [2.05, 4.69) is 34.4 Å². The summed E-state index contributed by atoms with van der Waals surface area (Å²) in [5.74, 6) is 0. The fourth-order valence-electron chi connectivity index (χ4n) is 2.55. The molecule has 1 heteroatoms. The molecule has 0 amide bonds. The van der Waals surface area contributed by atoms with E-state index in [4.69, 9.17) is 0 Å². The van der Waals surface area contributed by atoms with E-state index in [-0.39, 0.29) is 7.92 Å². The van der Waals surface area contributed by atoms with Crippen LogP contribution in [0.15, 0.2) is 0 Å². The Morgan fingerprint density at radius 2 is 1.06 bits per heavy atom. The Hall–Kier alpha value is 0.430. The Bertz CT molecular complexity index is 127. The number of hydrogen-bond donors (Lipinski definition) is 0. The summed E-state index contributed by atoms with van der Waals surface area (Å²) in [5, 5.41) is 0. The van der Waals surface area contributed by atoms with Gasteiger partial charge < -0.3 is 0 Å².